The fraction of sp³-hybridized carbons (Fsp3) is 0.600. The van der Waals surface area contributed by atoms with Gasteiger partial charge in [-0.05, 0) is 77.0 Å². The molecule has 1 nitrogen and oxygen atoms in total. The first-order valence-electron chi connectivity index (χ1n) is 17.5. The van der Waals surface area contributed by atoms with Gasteiger partial charge in [-0.15, -0.1) is 0 Å². The van der Waals surface area contributed by atoms with Crippen LogP contribution in [-0.2, 0) is 13.1 Å². The van der Waals surface area contributed by atoms with Crippen LogP contribution < -0.4 is 0 Å². The molecule has 0 unspecified atom stereocenters. The van der Waals surface area contributed by atoms with Crippen LogP contribution >= 0.6 is 0 Å². The Morgan fingerprint density at radius 3 is 1.10 bits per heavy atom. The van der Waals surface area contributed by atoms with E-state index < -0.39 is 0 Å². The van der Waals surface area contributed by atoms with Crippen molar-refractivity contribution < 1.29 is 4.48 Å². The minimum atomic E-state index is 1.14. The van der Waals surface area contributed by atoms with E-state index in [1.54, 1.807) is 0 Å². The Kier molecular flexibility index (Phi) is 20.9. The van der Waals surface area contributed by atoms with Gasteiger partial charge in [0.1, 0.15) is 13.1 Å². The van der Waals surface area contributed by atoms with E-state index in [9.17, 15) is 0 Å². The van der Waals surface area contributed by atoms with Gasteiger partial charge in [0.05, 0.1) is 13.1 Å². The molecular weight excluding hydrogens is 494 g/mol. The van der Waals surface area contributed by atoms with Crippen LogP contribution in [-0.4, -0.2) is 17.6 Å². The Balaban J connectivity index is 1.90. The number of hydrogen-bond acceptors (Lipinski definition) is 0. The van der Waals surface area contributed by atoms with Crippen molar-refractivity contribution in [2.75, 3.05) is 13.1 Å². The molecule has 0 aliphatic rings. The quantitative estimate of drug-likeness (QED) is 0.0612. The summed E-state index contributed by atoms with van der Waals surface area (Å²) in [5, 5.41) is 0. The number of unbranched alkanes of at least 4 members (excludes halogenated alkanes) is 14. The van der Waals surface area contributed by atoms with Gasteiger partial charge in [-0.1, -0.05) is 137 Å². The number of benzene rings is 2. The summed E-state index contributed by atoms with van der Waals surface area (Å²) in [6.45, 7) is 9.43. The minimum Gasteiger partial charge on any atom is -0.316 e. The van der Waals surface area contributed by atoms with Crippen molar-refractivity contribution in [1.29, 1.82) is 0 Å². The summed E-state index contributed by atoms with van der Waals surface area (Å²) in [5.41, 5.74) is 2.97. The number of nitrogens with zero attached hydrogens (tertiary/aromatic N) is 1. The molecule has 0 atom stereocenters. The van der Waals surface area contributed by atoms with Crippen LogP contribution in [0.25, 0.3) is 0 Å². The monoisotopic (exact) mass is 559 g/mol. The van der Waals surface area contributed by atoms with Crippen molar-refractivity contribution in [3.63, 3.8) is 0 Å². The first kappa shape index (κ1) is 35.1. The molecule has 0 fully saturated rings. The number of quaternary nitrogens is 1. The molecule has 0 heterocycles. The molecule has 0 aromatic heterocycles. The molecule has 2 aromatic rings. The van der Waals surface area contributed by atoms with E-state index in [2.05, 4.69) is 98.8 Å². The van der Waals surface area contributed by atoms with Gasteiger partial charge < -0.3 is 4.48 Å². The smallest absolute Gasteiger partial charge is 0.105 e. The summed E-state index contributed by atoms with van der Waals surface area (Å²) in [7, 11) is 0. The molecule has 0 saturated carbocycles. The SMILES string of the molecule is CCCCCC/C=C/CCCCC[N+](CCCCC/C=C/CCCCCC)(Cc1ccccc1)Cc1ccccc1. The third-order valence-corrected chi connectivity index (χ3v) is 8.51. The Morgan fingerprint density at radius 2 is 0.756 bits per heavy atom. The van der Waals surface area contributed by atoms with Crippen molar-refractivity contribution in [1.82, 2.24) is 0 Å². The molecule has 0 aliphatic heterocycles. The maximum Gasteiger partial charge on any atom is 0.105 e. The molecule has 0 saturated heterocycles. The van der Waals surface area contributed by atoms with E-state index >= 15 is 0 Å². The lowest BCUT2D eigenvalue weighted by atomic mass is 10.1. The lowest BCUT2D eigenvalue weighted by Crippen LogP contribution is -2.48. The lowest BCUT2D eigenvalue weighted by Gasteiger charge is -2.39. The van der Waals surface area contributed by atoms with Gasteiger partial charge in [-0.25, -0.2) is 0 Å². The highest BCUT2D eigenvalue weighted by atomic mass is 15.3. The maximum absolute atomic E-state index is 2.45. The van der Waals surface area contributed by atoms with Crippen LogP contribution in [0.3, 0.4) is 0 Å². The van der Waals surface area contributed by atoms with Crippen LogP contribution in [0.4, 0.5) is 0 Å². The predicted molar refractivity (Wildman–Crippen MR) is 183 cm³/mol. The molecule has 0 amide bonds. The summed E-state index contributed by atoms with van der Waals surface area (Å²) in [5.74, 6) is 0. The summed E-state index contributed by atoms with van der Waals surface area (Å²) in [4.78, 5) is 0. The molecule has 0 N–H and O–H groups in total. The molecule has 0 radical (unpaired) electrons. The Hall–Kier alpha value is -2.12. The largest absolute Gasteiger partial charge is 0.316 e. The van der Waals surface area contributed by atoms with Crippen molar-refractivity contribution in [2.45, 2.75) is 143 Å². The summed E-state index contributed by atoms with van der Waals surface area (Å²) in [6.07, 6.45) is 33.7. The molecule has 2 rings (SSSR count). The van der Waals surface area contributed by atoms with Crippen molar-refractivity contribution >= 4 is 0 Å². The van der Waals surface area contributed by atoms with Gasteiger partial charge >= 0.3 is 0 Å². The first-order chi connectivity index (χ1) is 20.3. The van der Waals surface area contributed by atoms with Crippen LogP contribution in [0.2, 0.25) is 0 Å². The fourth-order valence-corrected chi connectivity index (χ4v) is 6.05. The van der Waals surface area contributed by atoms with Gasteiger partial charge in [0.25, 0.3) is 0 Å². The summed E-state index contributed by atoms with van der Waals surface area (Å²) >= 11 is 0. The fourth-order valence-electron chi connectivity index (χ4n) is 6.05. The molecule has 228 valence electrons. The average molecular weight is 559 g/mol. The van der Waals surface area contributed by atoms with Crippen LogP contribution in [0.15, 0.2) is 85.0 Å². The van der Waals surface area contributed by atoms with E-state index in [0.717, 1.165) is 13.1 Å². The van der Waals surface area contributed by atoms with Gasteiger partial charge in [0, 0.05) is 11.1 Å². The van der Waals surface area contributed by atoms with E-state index in [1.807, 2.05) is 0 Å². The van der Waals surface area contributed by atoms with Crippen LogP contribution in [0.5, 0.6) is 0 Å². The topological polar surface area (TPSA) is 0 Å². The second kappa shape index (κ2) is 24.5. The molecule has 0 bridgehead atoms. The lowest BCUT2D eigenvalue weighted by molar-refractivity contribution is -0.954. The highest BCUT2D eigenvalue weighted by molar-refractivity contribution is 5.15. The average Bonchev–Trinajstić information content (AvgIpc) is 3.00. The second-order valence-corrected chi connectivity index (χ2v) is 12.4. The molecule has 0 spiro atoms. The third-order valence-electron chi connectivity index (χ3n) is 8.51. The third kappa shape index (κ3) is 18.1. The second-order valence-electron chi connectivity index (χ2n) is 12.4. The van der Waals surface area contributed by atoms with Gasteiger partial charge in [-0.2, -0.15) is 0 Å². The number of allylic oxidation sites excluding steroid dienone is 4. The zero-order valence-electron chi connectivity index (χ0n) is 27.1. The Labute approximate surface area is 255 Å². The van der Waals surface area contributed by atoms with Crippen molar-refractivity contribution in [3.05, 3.63) is 96.1 Å². The van der Waals surface area contributed by atoms with Crippen LogP contribution in [0, 0.1) is 0 Å². The zero-order chi connectivity index (χ0) is 29.1. The highest BCUT2D eigenvalue weighted by Crippen LogP contribution is 2.24. The first-order valence-corrected chi connectivity index (χ1v) is 17.5. The molecular formula is C40H64N+. The van der Waals surface area contributed by atoms with E-state index in [4.69, 9.17) is 0 Å². The Bertz CT molecular complexity index is 806. The van der Waals surface area contributed by atoms with Crippen molar-refractivity contribution in [3.8, 4) is 0 Å². The highest BCUT2D eigenvalue weighted by Gasteiger charge is 2.27. The van der Waals surface area contributed by atoms with E-state index in [1.165, 1.54) is 144 Å². The van der Waals surface area contributed by atoms with Gasteiger partial charge in [0.15, 0.2) is 0 Å². The van der Waals surface area contributed by atoms with Gasteiger partial charge in [-0.3, -0.25) is 0 Å². The zero-order valence-corrected chi connectivity index (χ0v) is 27.1. The van der Waals surface area contributed by atoms with Crippen molar-refractivity contribution in [2.24, 2.45) is 0 Å². The summed E-state index contributed by atoms with van der Waals surface area (Å²) < 4.78 is 1.19. The van der Waals surface area contributed by atoms with Gasteiger partial charge in [0.2, 0.25) is 0 Å². The molecule has 1 heteroatoms. The summed E-state index contributed by atoms with van der Waals surface area (Å²) in [6, 6.07) is 22.6. The molecule has 0 aliphatic carbocycles. The molecule has 2 aromatic carbocycles. The standard InChI is InChI=1S/C40H64N/c1-3-5-7-9-11-13-15-17-19-21-29-35-41(37-39-31-25-23-26-32-39,38-40-33-27-24-28-34-40)36-30-22-20-18-16-14-12-10-8-6-4-2/h13-16,23-28,31-34H,3-12,17-22,29-30,35-38H2,1-2H3/q+1/b15-13+,16-14+. The molecule has 41 heavy (non-hydrogen) atoms. The Morgan fingerprint density at radius 1 is 0.415 bits per heavy atom. The van der Waals surface area contributed by atoms with Crippen LogP contribution in [0.1, 0.15) is 141 Å². The predicted octanol–water partition coefficient (Wildman–Crippen LogP) is 12.4. The van der Waals surface area contributed by atoms with E-state index in [-0.39, 0.29) is 0 Å². The number of rotatable bonds is 26. The normalized spacial score (nSPS) is 12.1. The number of hydrogen-bond donors (Lipinski definition) is 0. The van der Waals surface area contributed by atoms with E-state index in [0.29, 0.717) is 0 Å². The minimum absolute atomic E-state index is 1.14. The maximum atomic E-state index is 2.45.